The van der Waals surface area contributed by atoms with Crippen LogP contribution in [-0.4, -0.2) is 10.3 Å². The minimum absolute atomic E-state index is 0.267. The number of hydrogen-bond acceptors (Lipinski definition) is 0. The lowest BCUT2D eigenvalue weighted by Crippen LogP contribution is -2.34. The van der Waals surface area contributed by atoms with Gasteiger partial charge in [-0.2, -0.15) is 0 Å². The summed E-state index contributed by atoms with van der Waals surface area (Å²) in [5.41, 5.74) is 2.77. The molecule has 0 unspecified atom stereocenters. The molecule has 0 aromatic heterocycles. The van der Waals surface area contributed by atoms with Gasteiger partial charge >= 0.3 is 0 Å². The molecule has 2 aromatic carbocycles. The summed E-state index contributed by atoms with van der Waals surface area (Å²) in [6, 6.07) is 11.6. The number of hydrogen-bond donors (Lipinski definition) is 0. The summed E-state index contributed by atoms with van der Waals surface area (Å²) in [5, 5.41) is 5.25. The molecule has 0 bridgehead atoms. The highest BCUT2D eigenvalue weighted by Crippen LogP contribution is 2.62. The topological polar surface area (TPSA) is 0 Å². The van der Waals surface area contributed by atoms with Gasteiger partial charge in [0, 0.05) is 0 Å². The van der Waals surface area contributed by atoms with Crippen molar-refractivity contribution in [3.8, 4) is 0 Å². The standard InChI is InChI=1S/C22H29P/c1-7-21(3,4)23(22(5,6)8-2)19-15-14-17-13-12-16-10-9-11-18(19)20(16)17/h9-15H,7-8H2,1-6H3. The number of rotatable bonds is 5. The molecule has 0 saturated carbocycles. The lowest BCUT2D eigenvalue weighted by Gasteiger charge is -2.45. The Morgan fingerprint density at radius 1 is 0.783 bits per heavy atom. The number of benzene rings is 2. The van der Waals surface area contributed by atoms with E-state index in [2.05, 4.69) is 84.0 Å². The Kier molecular flexibility index (Phi) is 4.18. The van der Waals surface area contributed by atoms with Crippen molar-refractivity contribution in [2.75, 3.05) is 0 Å². The zero-order valence-electron chi connectivity index (χ0n) is 15.4. The summed E-state index contributed by atoms with van der Waals surface area (Å²) in [6.07, 6.45) is 6.98. The SMILES string of the molecule is CCC(C)(C)P(c1ccc2c3c(cccc13)C=C2)C(C)(C)CC. The predicted molar refractivity (Wildman–Crippen MR) is 108 cm³/mol. The Hall–Kier alpha value is -1.13. The zero-order chi connectivity index (χ0) is 16.8. The molecule has 0 amide bonds. The average molecular weight is 324 g/mol. The van der Waals surface area contributed by atoms with Crippen molar-refractivity contribution < 1.29 is 0 Å². The van der Waals surface area contributed by atoms with Gasteiger partial charge in [0.1, 0.15) is 0 Å². The van der Waals surface area contributed by atoms with Crippen LogP contribution < -0.4 is 5.30 Å². The molecule has 0 fully saturated rings. The fourth-order valence-corrected chi connectivity index (χ4v) is 8.11. The molecule has 1 aliphatic rings. The van der Waals surface area contributed by atoms with E-state index in [0.717, 1.165) is 0 Å². The van der Waals surface area contributed by atoms with Crippen LogP contribution in [0.15, 0.2) is 30.3 Å². The highest BCUT2D eigenvalue weighted by atomic mass is 31.1. The molecule has 0 aliphatic heterocycles. The third-order valence-corrected chi connectivity index (χ3v) is 9.63. The maximum absolute atomic E-state index is 2.47. The van der Waals surface area contributed by atoms with E-state index in [1.54, 1.807) is 5.30 Å². The van der Waals surface area contributed by atoms with Crippen LogP contribution in [-0.2, 0) is 0 Å². The molecule has 0 saturated heterocycles. The fourth-order valence-electron chi connectivity index (χ4n) is 3.89. The van der Waals surface area contributed by atoms with Crippen LogP contribution in [0.1, 0.15) is 65.5 Å². The van der Waals surface area contributed by atoms with E-state index in [9.17, 15) is 0 Å². The maximum atomic E-state index is 2.47. The third kappa shape index (κ3) is 2.66. The van der Waals surface area contributed by atoms with Crippen molar-refractivity contribution in [3.05, 3.63) is 41.5 Å². The molecular formula is C22H29P. The molecule has 1 aliphatic carbocycles. The van der Waals surface area contributed by atoms with Gasteiger partial charge in [0.25, 0.3) is 0 Å². The maximum Gasteiger partial charge on any atom is -0.00324 e. The first kappa shape index (κ1) is 16.7. The lowest BCUT2D eigenvalue weighted by molar-refractivity contribution is 0.610. The highest BCUT2D eigenvalue weighted by molar-refractivity contribution is 7.69. The summed E-state index contributed by atoms with van der Waals surface area (Å²) >= 11 is 0. The first-order valence-electron chi connectivity index (χ1n) is 8.86. The molecule has 2 aromatic rings. The van der Waals surface area contributed by atoms with Crippen molar-refractivity contribution in [1.29, 1.82) is 0 Å². The summed E-state index contributed by atoms with van der Waals surface area (Å²) in [7, 11) is -0.267. The van der Waals surface area contributed by atoms with Crippen molar-refractivity contribution in [1.82, 2.24) is 0 Å². The van der Waals surface area contributed by atoms with E-state index in [4.69, 9.17) is 0 Å². The summed E-state index contributed by atoms with van der Waals surface area (Å²) in [5.74, 6) is 0. The van der Waals surface area contributed by atoms with Crippen LogP contribution in [0, 0.1) is 0 Å². The smallest absolute Gasteiger partial charge is 0.00324 e. The molecule has 1 heteroatoms. The molecule has 0 atom stereocenters. The van der Waals surface area contributed by atoms with E-state index in [1.165, 1.54) is 34.7 Å². The molecule has 0 nitrogen and oxygen atoms in total. The first-order valence-corrected chi connectivity index (χ1v) is 10.2. The summed E-state index contributed by atoms with van der Waals surface area (Å²) in [4.78, 5) is 0. The Labute approximate surface area is 142 Å². The fraction of sp³-hybridized carbons (Fsp3) is 0.455. The average Bonchev–Trinajstić information content (AvgIpc) is 2.94. The third-order valence-electron chi connectivity index (χ3n) is 5.71. The van der Waals surface area contributed by atoms with Gasteiger partial charge in [0.15, 0.2) is 0 Å². The van der Waals surface area contributed by atoms with Crippen LogP contribution in [0.4, 0.5) is 0 Å². The second-order valence-corrected chi connectivity index (χ2v) is 11.5. The summed E-state index contributed by atoms with van der Waals surface area (Å²) in [6.45, 7) is 14.6. The normalized spacial score (nSPS) is 14.2. The van der Waals surface area contributed by atoms with Gasteiger partial charge in [0.2, 0.25) is 0 Å². The van der Waals surface area contributed by atoms with Crippen molar-refractivity contribution in [2.24, 2.45) is 0 Å². The van der Waals surface area contributed by atoms with Crippen LogP contribution in [0.5, 0.6) is 0 Å². The minimum Gasteiger partial charge on any atom is -0.0645 e. The van der Waals surface area contributed by atoms with E-state index in [-0.39, 0.29) is 7.92 Å². The van der Waals surface area contributed by atoms with Crippen LogP contribution in [0.3, 0.4) is 0 Å². The minimum atomic E-state index is -0.267. The van der Waals surface area contributed by atoms with E-state index >= 15 is 0 Å². The molecule has 0 heterocycles. The first-order chi connectivity index (χ1) is 10.8. The Balaban J connectivity index is 2.29. The summed E-state index contributed by atoms with van der Waals surface area (Å²) < 4.78 is 0. The Morgan fingerprint density at radius 2 is 1.35 bits per heavy atom. The predicted octanol–water partition coefficient (Wildman–Crippen LogP) is 6.81. The Bertz CT molecular complexity index is 737. The van der Waals surface area contributed by atoms with Gasteiger partial charge in [-0.05, 0) is 50.4 Å². The molecule has 0 radical (unpaired) electrons. The van der Waals surface area contributed by atoms with Gasteiger partial charge in [0.05, 0.1) is 0 Å². The molecular weight excluding hydrogens is 295 g/mol. The van der Waals surface area contributed by atoms with Gasteiger partial charge in [-0.25, -0.2) is 0 Å². The quantitative estimate of drug-likeness (QED) is 0.452. The van der Waals surface area contributed by atoms with E-state index < -0.39 is 0 Å². The van der Waals surface area contributed by atoms with Crippen LogP contribution in [0.2, 0.25) is 0 Å². The van der Waals surface area contributed by atoms with Gasteiger partial charge in [-0.3, -0.25) is 0 Å². The van der Waals surface area contributed by atoms with Gasteiger partial charge < -0.3 is 0 Å². The van der Waals surface area contributed by atoms with Crippen molar-refractivity contribution in [2.45, 2.75) is 64.7 Å². The van der Waals surface area contributed by atoms with Gasteiger partial charge in [-0.15, -0.1) is 0 Å². The zero-order valence-corrected chi connectivity index (χ0v) is 16.3. The van der Waals surface area contributed by atoms with E-state index in [0.29, 0.717) is 10.3 Å². The van der Waals surface area contributed by atoms with E-state index in [1.807, 2.05) is 0 Å². The Morgan fingerprint density at radius 3 is 1.91 bits per heavy atom. The molecule has 0 N–H and O–H groups in total. The molecule has 3 rings (SSSR count). The molecule has 122 valence electrons. The second-order valence-electron chi connectivity index (χ2n) is 7.94. The van der Waals surface area contributed by atoms with Gasteiger partial charge in [-0.1, -0.05) is 91.9 Å². The monoisotopic (exact) mass is 324 g/mol. The highest BCUT2D eigenvalue weighted by Gasteiger charge is 2.40. The largest absolute Gasteiger partial charge is 0.0645 e. The van der Waals surface area contributed by atoms with Crippen molar-refractivity contribution >= 4 is 36.2 Å². The molecule has 0 spiro atoms. The second kappa shape index (κ2) is 5.75. The van der Waals surface area contributed by atoms with Crippen molar-refractivity contribution in [3.63, 3.8) is 0 Å². The van der Waals surface area contributed by atoms with Crippen LogP contribution >= 0.6 is 7.92 Å². The lowest BCUT2D eigenvalue weighted by atomic mass is 10.0. The van der Waals surface area contributed by atoms with Crippen LogP contribution in [0.25, 0.3) is 22.9 Å². The molecule has 23 heavy (non-hydrogen) atoms.